The number of ether oxygens (including phenoxy) is 1. The van der Waals surface area contributed by atoms with E-state index < -0.39 is 0 Å². The number of hydrogen-bond donors (Lipinski definition) is 1. The zero-order valence-electron chi connectivity index (χ0n) is 15.3. The van der Waals surface area contributed by atoms with Gasteiger partial charge in [-0.05, 0) is 39.0 Å². The molecule has 0 aliphatic carbocycles. The molecule has 1 aliphatic rings. The Morgan fingerprint density at radius 3 is 2.73 bits per heavy atom. The Labute approximate surface area is 158 Å². The van der Waals surface area contributed by atoms with Crippen molar-refractivity contribution in [3.8, 4) is 5.69 Å². The molecule has 1 aromatic heterocycles. The van der Waals surface area contributed by atoms with Crippen molar-refractivity contribution in [1.29, 1.82) is 0 Å². The van der Waals surface area contributed by atoms with Crippen LogP contribution in [0.15, 0.2) is 24.3 Å². The Balaban J connectivity index is 1.68. The van der Waals surface area contributed by atoms with E-state index in [-0.39, 0.29) is 11.4 Å². The van der Waals surface area contributed by atoms with Crippen molar-refractivity contribution in [1.82, 2.24) is 25.2 Å². The van der Waals surface area contributed by atoms with Gasteiger partial charge in [0.15, 0.2) is 5.69 Å². The average Bonchev–Trinajstić information content (AvgIpc) is 3.02. The lowest BCUT2D eigenvalue weighted by Crippen LogP contribution is -2.55. The molecule has 1 N–H and O–H groups in total. The third-order valence-corrected chi connectivity index (χ3v) is 4.82. The van der Waals surface area contributed by atoms with Crippen LogP contribution in [0.25, 0.3) is 5.69 Å². The number of amides is 1. The molecular formula is C18H24ClN5O2. The largest absolute Gasteiger partial charge is 0.379 e. The topological polar surface area (TPSA) is 72.3 Å². The summed E-state index contributed by atoms with van der Waals surface area (Å²) < 4.78 is 5.40. The molecule has 1 aromatic carbocycles. The monoisotopic (exact) mass is 377 g/mol. The lowest BCUT2D eigenvalue weighted by molar-refractivity contribution is -0.00924. The highest BCUT2D eigenvalue weighted by atomic mass is 35.5. The summed E-state index contributed by atoms with van der Waals surface area (Å²) in [6.07, 6.45) is 0. The molecule has 0 radical (unpaired) electrons. The maximum absolute atomic E-state index is 12.6. The van der Waals surface area contributed by atoms with Crippen LogP contribution in [0.4, 0.5) is 0 Å². The Morgan fingerprint density at radius 1 is 1.31 bits per heavy atom. The van der Waals surface area contributed by atoms with Gasteiger partial charge in [0.05, 0.1) is 24.6 Å². The number of benzene rings is 1. The van der Waals surface area contributed by atoms with Crippen LogP contribution >= 0.6 is 11.6 Å². The van der Waals surface area contributed by atoms with E-state index in [1.165, 1.54) is 4.80 Å². The number of aryl methyl sites for hydroxylation is 1. The summed E-state index contributed by atoms with van der Waals surface area (Å²) in [4.78, 5) is 16.4. The minimum absolute atomic E-state index is 0.156. The highest BCUT2D eigenvalue weighted by molar-refractivity contribution is 6.30. The first-order valence-corrected chi connectivity index (χ1v) is 9.05. The molecule has 0 spiro atoms. The molecule has 1 amide bonds. The predicted molar refractivity (Wildman–Crippen MR) is 99.9 cm³/mol. The molecule has 7 nitrogen and oxygen atoms in total. The van der Waals surface area contributed by atoms with Crippen LogP contribution in [0, 0.1) is 6.92 Å². The normalized spacial score (nSPS) is 15.8. The van der Waals surface area contributed by atoms with Gasteiger partial charge in [-0.2, -0.15) is 9.90 Å². The molecule has 0 atom stereocenters. The van der Waals surface area contributed by atoms with Crippen molar-refractivity contribution >= 4 is 17.5 Å². The van der Waals surface area contributed by atoms with Crippen LogP contribution in [0.1, 0.15) is 30.0 Å². The summed E-state index contributed by atoms with van der Waals surface area (Å²) in [5.74, 6) is -0.225. The summed E-state index contributed by atoms with van der Waals surface area (Å²) >= 11 is 6.02. The third-order valence-electron chi connectivity index (χ3n) is 4.59. The van der Waals surface area contributed by atoms with Crippen molar-refractivity contribution in [2.45, 2.75) is 26.3 Å². The molecule has 1 fully saturated rings. The standard InChI is InChI=1S/C18H24ClN5O2/c1-13-16(22-24(21-13)15-6-4-5-14(19)11-15)17(25)20-12-18(2,3)23-7-9-26-10-8-23/h4-6,11H,7-10,12H2,1-3H3,(H,20,25). The van der Waals surface area contributed by atoms with Gasteiger partial charge in [0, 0.05) is 30.2 Å². The minimum atomic E-state index is -0.225. The van der Waals surface area contributed by atoms with E-state index in [9.17, 15) is 4.79 Å². The number of hydrogen-bond acceptors (Lipinski definition) is 5. The van der Waals surface area contributed by atoms with Gasteiger partial charge >= 0.3 is 0 Å². The lowest BCUT2D eigenvalue weighted by Gasteiger charge is -2.40. The number of aromatic nitrogens is 3. The van der Waals surface area contributed by atoms with E-state index in [4.69, 9.17) is 16.3 Å². The number of nitrogens with one attached hydrogen (secondary N) is 1. The van der Waals surface area contributed by atoms with Gasteiger partial charge < -0.3 is 10.1 Å². The molecule has 0 saturated carbocycles. The van der Waals surface area contributed by atoms with Crippen LogP contribution in [0.5, 0.6) is 0 Å². The predicted octanol–water partition coefficient (Wildman–Crippen LogP) is 2.07. The first kappa shape index (κ1) is 18.8. The van der Waals surface area contributed by atoms with E-state index in [2.05, 4.69) is 34.3 Å². The fraction of sp³-hybridized carbons (Fsp3) is 0.500. The maximum atomic E-state index is 12.6. The van der Waals surface area contributed by atoms with Gasteiger partial charge in [0.25, 0.3) is 5.91 Å². The molecule has 26 heavy (non-hydrogen) atoms. The van der Waals surface area contributed by atoms with Crippen LogP contribution in [-0.2, 0) is 4.74 Å². The number of carbonyl (C=O) groups excluding carboxylic acids is 1. The molecular weight excluding hydrogens is 354 g/mol. The Bertz CT molecular complexity index is 784. The Morgan fingerprint density at radius 2 is 2.04 bits per heavy atom. The fourth-order valence-electron chi connectivity index (χ4n) is 2.97. The van der Waals surface area contributed by atoms with Crippen molar-refractivity contribution in [2.24, 2.45) is 0 Å². The first-order chi connectivity index (χ1) is 12.4. The van der Waals surface area contributed by atoms with Gasteiger partial charge in [0.2, 0.25) is 0 Å². The Hall–Kier alpha value is -1.96. The fourth-order valence-corrected chi connectivity index (χ4v) is 3.15. The summed E-state index contributed by atoms with van der Waals surface area (Å²) in [5, 5.41) is 12.3. The maximum Gasteiger partial charge on any atom is 0.273 e. The molecule has 1 saturated heterocycles. The summed E-state index contributed by atoms with van der Waals surface area (Å²) in [7, 11) is 0. The molecule has 0 unspecified atom stereocenters. The quantitative estimate of drug-likeness (QED) is 0.863. The second-order valence-corrected chi connectivity index (χ2v) is 7.43. The van der Waals surface area contributed by atoms with E-state index >= 15 is 0 Å². The number of morpholine rings is 1. The number of halogens is 1. The van der Waals surface area contributed by atoms with Gasteiger partial charge in [-0.15, -0.1) is 5.10 Å². The SMILES string of the molecule is Cc1nn(-c2cccc(Cl)c2)nc1C(=O)NCC(C)(C)N1CCOCC1. The Kier molecular flexibility index (Phi) is 5.60. The van der Waals surface area contributed by atoms with E-state index in [1.807, 2.05) is 12.1 Å². The van der Waals surface area contributed by atoms with Crippen LogP contribution in [-0.4, -0.2) is 64.2 Å². The van der Waals surface area contributed by atoms with Crippen LogP contribution < -0.4 is 5.32 Å². The van der Waals surface area contributed by atoms with Gasteiger partial charge in [-0.1, -0.05) is 17.7 Å². The zero-order chi connectivity index (χ0) is 18.7. The second-order valence-electron chi connectivity index (χ2n) is 7.00. The molecule has 140 valence electrons. The number of carbonyl (C=O) groups is 1. The highest BCUT2D eigenvalue weighted by Crippen LogP contribution is 2.16. The van der Waals surface area contributed by atoms with E-state index in [1.54, 1.807) is 19.1 Å². The number of rotatable bonds is 5. The molecule has 0 bridgehead atoms. The number of nitrogens with zero attached hydrogens (tertiary/aromatic N) is 4. The van der Waals surface area contributed by atoms with Crippen LogP contribution in [0.2, 0.25) is 5.02 Å². The van der Waals surface area contributed by atoms with Crippen molar-refractivity contribution in [2.75, 3.05) is 32.8 Å². The molecule has 1 aliphatic heterocycles. The summed E-state index contributed by atoms with van der Waals surface area (Å²) in [5.41, 5.74) is 1.46. The zero-order valence-corrected chi connectivity index (χ0v) is 16.1. The molecule has 3 rings (SSSR count). The first-order valence-electron chi connectivity index (χ1n) is 8.68. The van der Waals surface area contributed by atoms with Gasteiger partial charge in [-0.25, -0.2) is 0 Å². The van der Waals surface area contributed by atoms with Gasteiger partial charge in [-0.3, -0.25) is 9.69 Å². The van der Waals surface area contributed by atoms with E-state index in [0.29, 0.717) is 28.6 Å². The summed E-state index contributed by atoms with van der Waals surface area (Å²) in [6.45, 7) is 9.72. The average molecular weight is 378 g/mol. The smallest absolute Gasteiger partial charge is 0.273 e. The molecule has 2 heterocycles. The van der Waals surface area contributed by atoms with Gasteiger partial charge in [0.1, 0.15) is 0 Å². The van der Waals surface area contributed by atoms with Crippen molar-refractivity contribution in [3.05, 3.63) is 40.7 Å². The second kappa shape index (κ2) is 7.73. The molecule has 2 aromatic rings. The summed E-state index contributed by atoms with van der Waals surface area (Å²) in [6, 6.07) is 7.20. The lowest BCUT2D eigenvalue weighted by atomic mass is 10.0. The minimum Gasteiger partial charge on any atom is -0.379 e. The molecule has 8 heteroatoms. The highest BCUT2D eigenvalue weighted by Gasteiger charge is 2.29. The van der Waals surface area contributed by atoms with E-state index in [0.717, 1.165) is 26.3 Å². The van der Waals surface area contributed by atoms with Crippen LogP contribution in [0.3, 0.4) is 0 Å². The van der Waals surface area contributed by atoms with Crippen molar-refractivity contribution < 1.29 is 9.53 Å². The third kappa shape index (κ3) is 4.23. The van der Waals surface area contributed by atoms with Crippen molar-refractivity contribution in [3.63, 3.8) is 0 Å².